The zero-order valence-electron chi connectivity index (χ0n) is 18.1. The third-order valence-corrected chi connectivity index (χ3v) is 4.87. The van der Waals surface area contributed by atoms with Crippen LogP contribution in [0, 0.1) is 0 Å². The van der Waals surface area contributed by atoms with Crippen LogP contribution in [0.3, 0.4) is 0 Å². The second-order valence-corrected chi connectivity index (χ2v) is 7.31. The highest BCUT2D eigenvalue weighted by Crippen LogP contribution is 2.35. The number of fused-ring (bicyclic) bond motifs is 1. The van der Waals surface area contributed by atoms with Crippen LogP contribution in [0.2, 0.25) is 0 Å². The van der Waals surface area contributed by atoms with Crippen molar-refractivity contribution in [1.29, 1.82) is 0 Å². The van der Waals surface area contributed by atoms with Gasteiger partial charge >= 0.3 is 18.0 Å². The van der Waals surface area contributed by atoms with Gasteiger partial charge in [0.1, 0.15) is 5.69 Å². The number of carbonyl (C=O) groups is 1. The van der Waals surface area contributed by atoms with Gasteiger partial charge in [0, 0.05) is 25.2 Å². The van der Waals surface area contributed by atoms with E-state index in [4.69, 9.17) is 4.74 Å². The highest BCUT2D eigenvalue weighted by molar-refractivity contribution is 6.05. The number of alkyl halides is 6. The van der Waals surface area contributed by atoms with Gasteiger partial charge in [0.25, 0.3) is 5.91 Å². The summed E-state index contributed by atoms with van der Waals surface area (Å²) in [6.45, 7) is -0.0924. The van der Waals surface area contributed by atoms with Gasteiger partial charge in [-0.15, -0.1) is 0 Å². The Morgan fingerprint density at radius 2 is 1.86 bits per heavy atom. The highest BCUT2D eigenvalue weighted by Gasteiger charge is 2.41. The molecule has 1 amide bonds. The van der Waals surface area contributed by atoms with Gasteiger partial charge in [-0.05, 0) is 30.3 Å². The molecule has 0 aromatic carbocycles. The number of carbonyl (C=O) groups excluding carboxylic acids is 1. The molecule has 4 heterocycles. The van der Waals surface area contributed by atoms with Gasteiger partial charge in [0.2, 0.25) is 0 Å². The smallest absolute Gasteiger partial charge is 0.378 e. The molecule has 188 valence electrons. The summed E-state index contributed by atoms with van der Waals surface area (Å²) in [5.41, 5.74) is -5.06. The van der Waals surface area contributed by atoms with E-state index in [2.05, 4.69) is 15.1 Å². The van der Waals surface area contributed by atoms with E-state index in [0.29, 0.717) is 16.9 Å². The van der Waals surface area contributed by atoms with E-state index in [1.807, 2.05) is 5.32 Å². The van der Waals surface area contributed by atoms with Crippen molar-refractivity contribution in [3.05, 3.63) is 82.1 Å². The van der Waals surface area contributed by atoms with E-state index in [1.165, 1.54) is 31.5 Å². The Morgan fingerprint density at radius 1 is 1.11 bits per heavy atom. The Morgan fingerprint density at radius 3 is 2.53 bits per heavy atom. The minimum Gasteiger partial charge on any atom is -0.378 e. The van der Waals surface area contributed by atoms with Crippen molar-refractivity contribution in [2.45, 2.75) is 19.0 Å². The molecular weight excluding hydrogens is 498 g/mol. The molecule has 0 saturated heterocycles. The SMILES string of the molecule is COCc1cc2c(-n3ncc(C(=O)Nc4ccnc(C(F)(F)F)c4)c3C(F)(F)F)cccn2c(=O)n1. The van der Waals surface area contributed by atoms with Crippen LogP contribution in [0.25, 0.3) is 11.2 Å². The number of anilines is 1. The molecule has 15 heteroatoms. The van der Waals surface area contributed by atoms with Crippen LogP contribution >= 0.6 is 0 Å². The largest absolute Gasteiger partial charge is 0.434 e. The fourth-order valence-corrected chi connectivity index (χ4v) is 3.42. The lowest BCUT2D eigenvalue weighted by Gasteiger charge is -2.15. The number of pyridine rings is 2. The Hall–Kier alpha value is -4.27. The molecule has 0 spiro atoms. The molecule has 0 fully saturated rings. The molecule has 9 nitrogen and oxygen atoms in total. The molecule has 0 aliphatic carbocycles. The lowest BCUT2D eigenvalue weighted by atomic mass is 10.2. The van der Waals surface area contributed by atoms with Crippen molar-refractivity contribution in [1.82, 2.24) is 24.1 Å². The van der Waals surface area contributed by atoms with E-state index in [-0.39, 0.29) is 23.5 Å². The lowest BCUT2D eigenvalue weighted by Crippen LogP contribution is -2.23. The molecule has 0 aliphatic heterocycles. The molecule has 0 radical (unpaired) electrons. The van der Waals surface area contributed by atoms with Gasteiger partial charge in [-0.1, -0.05) is 0 Å². The van der Waals surface area contributed by atoms with Gasteiger partial charge < -0.3 is 10.1 Å². The zero-order chi connectivity index (χ0) is 26.3. The summed E-state index contributed by atoms with van der Waals surface area (Å²) in [7, 11) is 1.34. The first-order chi connectivity index (χ1) is 16.9. The molecule has 0 unspecified atom stereocenters. The number of rotatable bonds is 5. The van der Waals surface area contributed by atoms with Crippen LogP contribution in [0.15, 0.2) is 53.7 Å². The first-order valence-corrected chi connectivity index (χ1v) is 9.90. The van der Waals surface area contributed by atoms with Crippen molar-refractivity contribution in [2.75, 3.05) is 12.4 Å². The molecule has 4 rings (SSSR count). The van der Waals surface area contributed by atoms with Crippen LogP contribution in [0.5, 0.6) is 0 Å². The van der Waals surface area contributed by atoms with E-state index in [0.717, 1.165) is 16.7 Å². The molecule has 0 bridgehead atoms. The van der Waals surface area contributed by atoms with Crippen LogP contribution < -0.4 is 11.0 Å². The van der Waals surface area contributed by atoms with Crippen LogP contribution in [0.4, 0.5) is 32.0 Å². The minimum absolute atomic E-state index is 0.00550. The maximum atomic E-state index is 14.1. The summed E-state index contributed by atoms with van der Waals surface area (Å²) in [5.74, 6) is -1.35. The number of ether oxygens (including phenoxy) is 1. The number of nitrogens with one attached hydrogen (secondary N) is 1. The zero-order valence-corrected chi connectivity index (χ0v) is 18.1. The standard InChI is InChI=1S/C21H14F6N6O3/c1-36-10-12-7-15-14(3-2-6-32(15)19(35)31-12)33-17(21(25,26)27)13(9-29-33)18(34)30-11-4-5-28-16(8-11)20(22,23)24/h2-9H,10H2,1H3,(H,28,30,34). The Kier molecular flexibility index (Phi) is 6.26. The summed E-state index contributed by atoms with van der Waals surface area (Å²) >= 11 is 0. The fourth-order valence-electron chi connectivity index (χ4n) is 3.42. The second kappa shape index (κ2) is 9.07. The maximum Gasteiger partial charge on any atom is 0.434 e. The van der Waals surface area contributed by atoms with Crippen molar-refractivity contribution in [3.63, 3.8) is 0 Å². The molecule has 0 aliphatic rings. The Balaban J connectivity index is 1.83. The summed E-state index contributed by atoms with van der Waals surface area (Å²) < 4.78 is 87.4. The number of methoxy groups -OCH3 is 1. The lowest BCUT2D eigenvalue weighted by molar-refractivity contribution is -0.143. The number of aromatic nitrogens is 5. The van der Waals surface area contributed by atoms with Crippen LogP contribution in [-0.2, 0) is 23.7 Å². The average Bonchev–Trinajstić information content (AvgIpc) is 3.25. The first-order valence-electron chi connectivity index (χ1n) is 9.90. The van der Waals surface area contributed by atoms with Crippen molar-refractivity contribution >= 4 is 17.1 Å². The Bertz CT molecular complexity index is 1510. The number of halogens is 6. The molecule has 0 saturated carbocycles. The van der Waals surface area contributed by atoms with E-state index in [9.17, 15) is 35.9 Å². The molecule has 0 atom stereocenters. The molecular formula is C21H14F6N6O3. The van der Waals surface area contributed by atoms with Gasteiger partial charge in [0.15, 0.2) is 5.69 Å². The highest BCUT2D eigenvalue weighted by atomic mass is 19.4. The maximum absolute atomic E-state index is 14.1. The van der Waals surface area contributed by atoms with Crippen LogP contribution in [-0.4, -0.2) is 37.2 Å². The van der Waals surface area contributed by atoms with Crippen molar-refractivity contribution < 1.29 is 35.9 Å². The number of amides is 1. The number of nitrogens with zero attached hydrogens (tertiary/aromatic N) is 5. The van der Waals surface area contributed by atoms with Gasteiger partial charge in [-0.25, -0.2) is 9.48 Å². The van der Waals surface area contributed by atoms with Crippen molar-refractivity contribution in [2.24, 2.45) is 0 Å². The van der Waals surface area contributed by atoms with E-state index < -0.39 is 46.6 Å². The third kappa shape index (κ3) is 4.77. The van der Waals surface area contributed by atoms with Gasteiger partial charge in [-0.3, -0.25) is 14.2 Å². The quantitative estimate of drug-likeness (QED) is 0.409. The predicted octanol–water partition coefficient (Wildman–Crippen LogP) is 3.71. The third-order valence-electron chi connectivity index (χ3n) is 4.87. The molecule has 4 aromatic heterocycles. The van der Waals surface area contributed by atoms with Crippen LogP contribution in [0.1, 0.15) is 27.4 Å². The summed E-state index contributed by atoms with van der Waals surface area (Å²) in [5, 5.41) is 5.71. The fraction of sp³-hybridized carbons (Fsp3) is 0.190. The topological polar surface area (TPSA) is 103 Å². The molecule has 4 aromatic rings. The average molecular weight is 512 g/mol. The van der Waals surface area contributed by atoms with Crippen molar-refractivity contribution in [3.8, 4) is 5.69 Å². The molecule has 36 heavy (non-hydrogen) atoms. The first kappa shape index (κ1) is 24.8. The normalized spacial score (nSPS) is 12.2. The predicted molar refractivity (Wildman–Crippen MR) is 111 cm³/mol. The summed E-state index contributed by atoms with van der Waals surface area (Å²) in [4.78, 5) is 32.0. The van der Waals surface area contributed by atoms with Gasteiger partial charge in [0.05, 0.1) is 35.3 Å². The van der Waals surface area contributed by atoms with E-state index in [1.54, 1.807) is 0 Å². The Labute approximate surface area is 197 Å². The number of hydrogen-bond acceptors (Lipinski definition) is 6. The van der Waals surface area contributed by atoms with Gasteiger partial charge in [-0.2, -0.15) is 36.4 Å². The summed E-state index contributed by atoms with van der Waals surface area (Å²) in [6.07, 6.45) is -7.27. The monoisotopic (exact) mass is 512 g/mol. The second-order valence-electron chi connectivity index (χ2n) is 7.31. The number of hydrogen-bond donors (Lipinski definition) is 1. The minimum atomic E-state index is -5.12. The molecule has 1 N–H and O–H groups in total. The summed E-state index contributed by atoms with van der Waals surface area (Å²) in [6, 6.07) is 5.34. The van der Waals surface area contributed by atoms with E-state index >= 15 is 0 Å².